The van der Waals surface area contributed by atoms with Gasteiger partial charge in [0.25, 0.3) is 0 Å². The van der Waals surface area contributed by atoms with Crippen molar-refractivity contribution in [3.8, 4) is 0 Å². The van der Waals surface area contributed by atoms with E-state index in [1.807, 2.05) is 12.1 Å². The molecule has 4 nitrogen and oxygen atoms in total. The highest BCUT2D eigenvalue weighted by molar-refractivity contribution is 6.27. The summed E-state index contributed by atoms with van der Waals surface area (Å²) in [6, 6.07) is 61.0. The fourth-order valence-electron chi connectivity index (χ4n) is 8.65. The van der Waals surface area contributed by atoms with Crippen LogP contribution in [0.3, 0.4) is 0 Å². The van der Waals surface area contributed by atoms with Crippen LogP contribution in [-0.4, -0.2) is 0 Å². The first-order chi connectivity index (χ1) is 28.4. The highest BCUT2D eigenvalue weighted by atomic mass is 16.3. The topological polar surface area (TPSA) is 32.8 Å². The molecule has 0 saturated carbocycles. The van der Waals surface area contributed by atoms with Crippen LogP contribution in [0.2, 0.25) is 0 Å². The van der Waals surface area contributed by atoms with Crippen LogP contribution in [-0.2, 0) is 0 Å². The number of para-hydroxylation sites is 2. The lowest BCUT2D eigenvalue weighted by molar-refractivity contribution is 0.663. The second-order valence-electron chi connectivity index (χ2n) is 15.7. The summed E-state index contributed by atoms with van der Waals surface area (Å²) >= 11 is 0. The van der Waals surface area contributed by atoms with Gasteiger partial charge in [0.05, 0.1) is 0 Å². The van der Waals surface area contributed by atoms with Gasteiger partial charge < -0.3 is 18.6 Å². The van der Waals surface area contributed by atoms with Crippen molar-refractivity contribution in [1.82, 2.24) is 0 Å². The van der Waals surface area contributed by atoms with E-state index in [-0.39, 0.29) is 0 Å². The van der Waals surface area contributed by atoms with Gasteiger partial charge in [0, 0.05) is 55.7 Å². The predicted octanol–water partition coefficient (Wildman–Crippen LogP) is 16.0. The minimum absolute atomic E-state index is 0.851. The van der Waals surface area contributed by atoms with Crippen LogP contribution in [0, 0.1) is 27.7 Å². The maximum Gasteiger partial charge on any atom is 0.136 e. The van der Waals surface area contributed by atoms with Crippen molar-refractivity contribution < 1.29 is 8.83 Å². The molecule has 0 fully saturated rings. The Kier molecular flexibility index (Phi) is 7.70. The molecular weight excluding hydrogens is 709 g/mol. The third kappa shape index (κ3) is 5.52. The van der Waals surface area contributed by atoms with E-state index in [1.54, 1.807) is 0 Å². The lowest BCUT2D eigenvalue weighted by Crippen LogP contribution is -2.10. The lowest BCUT2D eigenvalue weighted by atomic mass is 10.00. The first-order valence-electron chi connectivity index (χ1n) is 19.9. The average Bonchev–Trinajstić information content (AvgIpc) is 3.79. The normalized spacial score (nSPS) is 11.8. The molecule has 0 aliphatic heterocycles. The van der Waals surface area contributed by atoms with E-state index in [4.69, 9.17) is 8.83 Å². The highest BCUT2D eigenvalue weighted by Gasteiger charge is 2.20. The number of nitrogens with zero attached hydrogens (tertiary/aromatic N) is 2. The average molecular weight is 749 g/mol. The van der Waals surface area contributed by atoms with Crippen LogP contribution in [0.15, 0.2) is 179 Å². The van der Waals surface area contributed by atoms with Crippen LogP contribution in [0.25, 0.3) is 65.4 Å². The molecule has 0 amide bonds. The molecular formula is C54H40N2O2. The van der Waals surface area contributed by atoms with Gasteiger partial charge in [-0.3, -0.25) is 0 Å². The standard InChI is InChI=1S/C54H40N2O2/c1-33-15-19-43(25-35(33)3)55(41-11-7-5-8-12-41)45-21-17-37-29-47-51(31-39(37)27-45)57-49-23-24-50-54(53(47)49)48-30-38-18-22-46(28-40(38)32-52(48)58-50)56(42-13-9-6-10-14-42)44-20-16-34(2)36(4)26-44/h5-32H,1-4H3. The quantitative estimate of drug-likeness (QED) is 0.170. The number of hydrogen-bond donors (Lipinski definition) is 0. The molecule has 0 N–H and O–H groups in total. The van der Waals surface area contributed by atoms with Gasteiger partial charge in [-0.05, 0) is 181 Å². The van der Waals surface area contributed by atoms with Crippen LogP contribution in [0.1, 0.15) is 22.3 Å². The van der Waals surface area contributed by atoms with Crippen LogP contribution < -0.4 is 9.80 Å². The zero-order valence-corrected chi connectivity index (χ0v) is 32.9. The second-order valence-corrected chi connectivity index (χ2v) is 15.7. The van der Waals surface area contributed by atoms with Gasteiger partial charge >= 0.3 is 0 Å². The third-order valence-corrected chi connectivity index (χ3v) is 12.0. The molecule has 0 radical (unpaired) electrons. The van der Waals surface area contributed by atoms with Gasteiger partial charge in [-0.2, -0.15) is 0 Å². The Morgan fingerprint density at radius 2 is 0.690 bits per heavy atom. The SMILES string of the molecule is Cc1ccc(N(c2ccccc2)c2ccc3cc4c(cc3c2)oc2ccc3oc5cc6cc(N(c7ccccc7)c7ccc(C)c(C)c7)ccc6cc5c3c24)cc1C. The number of furan rings is 2. The summed E-state index contributed by atoms with van der Waals surface area (Å²) in [5, 5.41) is 8.88. The first-order valence-corrected chi connectivity index (χ1v) is 19.9. The van der Waals surface area contributed by atoms with E-state index in [0.29, 0.717) is 0 Å². The van der Waals surface area contributed by atoms with Crippen molar-refractivity contribution >= 4 is 99.5 Å². The molecule has 4 heteroatoms. The number of benzene rings is 9. The molecule has 2 aromatic heterocycles. The van der Waals surface area contributed by atoms with Crippen LogP contribution in [0.4, 0.5) is 34.1 Å². The van der Waals surface area contributed by atoms with Gasteiger partial charge in [0.1, 0.15) is 22.3 Å². The van der Waals surface area contributed by atoms with E-state index in [1.165, 1.54) is 22.3 Å². The number of anilines is 6. The minimum atomic E-state index is 0.851. The molecule has 0 bridgehead atoms. The van der Waals surface area contributed by atoms with Crippen molar-refractivity contribution in [2.75, 3.05) is 9.80 Å². The molecule has 11 aromatic rings. The summed E-state index contributed by atoms with van der Waals surface area (Å²) in [7, 11) is 0. The maximum absolute atomic E-state index is 6.65. The predicted molar refractivity (Wildman–Crippen MR) is 244 cm³/mol. The fourth-order valence-corrected chi connectivity index (χ4v) is 8.65. The Morgan fingerprint density at radius 3 is 1.10 bits per heavy atom. The van der Waals surface area contributed by atoms with Crippen molar-refractivity contribution in [1.29, 1.82) is 0 Å². The summed E-state index contributed by atoms with van der Waals surface area (Å²) in [4.78, 5) is 4.65. The second kappa shape index (κ2) is 13.1. The summed E-state index contributed by atoms with van der Waals surface area (Å²) in [5.74, 6) is 0. The van der Waals surface area contributed by atoms with Gasteiger partial charge in [0.2, 0.25) is 0 Å². The van der Waals surface area contributed by atoms with Gasteiger partial charge in [0.15, 0.2) is 0 Å². The Hall–Kier alpha value is -7.30. The monoisotopic (exact) mass is 748 g/mol. The molecule has 9 aromatic carbocycles. The van der Waals surface area contributed by atoms with Crippen molar-refractivity contribution in [3.05, 3.63) is 192 Å². The Morgan fingerprint density at radius 1 is 0.293 bits per heavy atom. The molecule has 0 atom stereocenters. The molecule has 2 heterocycles. The Bertz CT molecular complexity index is 3170. The first kappa shape index (κ1) is 34.0. The minimum Gasteiger partial charge on any atom is -0.456 e. The summed E-state index contributed by atoms with van der Waals surface area (Å²) in [5.41, 5.74) is 15.2. The van der Waals surface area contributed by atoms with Crippen molar-refractivity contribution in [2.24, 2.45) is 0 Å². The number of hydrogen-bond acceptors (Lipinski definition) is 4. The molecule has 0 saturated heterocycles. The van der Waals surface area contributed by atoms with Gasteiger partial charge in [-0.25, -0.2) is 0 Å². The maximum atomic E-state index is 6.65. The van der Waals surface area contributed by atoms with E-state index < -0.39 is 0 Å². The molecule has 58 heavy (non-hydrogen) atoms. The highest BCUT2D eigenvalue weighted by Crippen LogP contribution is 2.44. The van der Waals surface area contributed by atoms with Crippen molar-refractivity contribution in [2.45, 2.75) is 27.7 Å². The zero-order chi connectivity index (χ0) is 39.1. The molecule has 0 unspecified atom stereocenters. The lowest BCUT2D eigenvalue weighted by Gasteiger charge is -2.26. The summed E-state index contributed by atoms with van der Waals surface area (Å²) in [6.07, 6.45) is 0. The molecule has 0 aliphatic carbocycles. The summed E-state index contributed by atoms with van der Waals surface area (Å²) < 4.78 is 13.3. The van der Waals surface area contributed by atoms with E-state index in [0.717, 1.165) is 99.5 Å². The zero-order valence-electron chi connectivity index (χ0n) is 32.9. The number of aryl methyl sites for hydroxylation is 4. The Labute approximate surface area is 336 Å². The van der Waals surface area contributed by atoms with Gasteiger partial charge in [-0.1, -0.05) is 60.7 Å². The number of fused-ring (bicyclic) bond motifs is 9. The molecule has 11 rings (SSSR count). The largest absolute Gasteiger partial charge is 0.456 e. The van der Waals surface area contributed by atoms with Crippen LogP contribution in [0.5, 0.6) is 0 Å². The smallest absolute Gasteiger partial charge is 0.136 e. The number of rotatable bonds is 6. The Balaban J connectivity index is 1.04. The third-order valence-electron chi connectivity index (χ3n) is 12.0. The summed E-state index contributed by atoms with van der Waals surface area (Å²) in [6.45, 7) is 8.67. The van der Waals surface area contributed by atoms with Crippen LogP contribution >= 0.6 is 0 Å². The molecule has 278 valence electrons. The van der Waals surface area contributed by atoms with Crippen molar-refractivity contribution in [3.63, 3.8) is 0 Å². The van der Waals surface area contributed by atoms with E-state index in [9.17, 15) is 0 Å². The van der Waals surface area contributed by atoms with Gasteiger partial charge in [-0.15, -0.1) is 0 Å². The molecule has 0 spiro atoms. The van der Waals surface area contributed by atoms with E-state index >= 15 is 0 Å². The molecule has 0 aliphatic rings. The van der Waals surface area contributed by atoms with E-state index in [2.05, 4.69) is 195 Å². The fraction of sp³-hybridized carbons (Fsp3) is 0.0741.